The molecule has 4 nitrogen and oxygen atoms in total. The lowest BCUT2D eigenvalue weighted by atomic mass is 10.1. The maximum Gasteiger partial charge on any atom is 0.190 e. The van der Waals surface area contributed by atoms with E-state index in [4.69, 9.17) is 4.74 Å². The minimum atomic E-state index is 0. The van der Waals surface area contributed by atoms with Crippen LogP contribution in [-0.4, -0.2) is 39.3 Å². The van der Waals surface area contributed by atoms with Gasteiger partial charge in [0.1, 0.15) is 0 Å². The topological polar surface area (TPSA) is 45.6 Å². The Morgan fingerprint density at radius 1 is 1.00 bits per heavy atom. The van der Waals surface area contributed by atoms with E-state index < -0.39 is 0 Å². The molecule has 0 atom stereocenters. The van der Waals surface area contributed by atoms with Crippen molar-refractivity contribution in [2.24, 2.45) is 4.99 Å². The van der Waals surface area contributed by atoms with Gasteiger partial charge in [-0.1, -0.05) is 42.5 Å². The van der Waals surface area contributed by atoms with Crippen molar-refractivity contribution >= 4 is 40.7 Å². The van der Waals surface area contributed by atoms with Gasteiger partial charge in [0.2, 0.25) is 0 Å². The molecule has 2 aromatic rings. The van der Waals surface area contributed by atoms with Crippen LogP contribution >= 0.6 is 24.0 Å². The summed E-state index contributed by atoms with van der Waals surface area (Å²) < 4.78 is 5.34. The number of benzene rings is 2. The minimum absolute atomic E-state index is 0. The van der Waals surface area contributed by atoms with Crippen molar-refractivity contribution < 1.29 is 4.74 Å². The third-order valence-electron chi connectivity index (χ3n) is 3.96. The summed E-state index contributed by atoms with van der Waals surface area (Å²) >= 11 is 0. The molecule has 0 aliphatic heterocycles. The average molecular weight is 455 g/mol. The van der Waals surface area contributed by atoms with Crippen molar-refractivity contribution in [2.75, 3.05) is 33.4 Å². The molecule has 0 heterocycles. The lowest BCUT2D eigenvalue weighted by molar-refractivity contribution is 0.143. The number of rotatable bonds is 9. The van der Waals surface area contributed by atoms with Gasteiger partial charge in [-0.3, -0.25) is 4.99 Å². The first kappa shape index (κ1) is 21.7. The first-order valence-electron chi connectivity index (χ1n) is 8.83. The Morgan fingerprint density at radius 3 is 2.52 bits per heavy atom. The third kappa shape index (κ3) is 8.05. The van der Waals surface area contributed by atoms with E-state index in [0.29, 0.717) is 0 Å². The van der Waals surface area contributed by atoms with E-state index in [-0.39, 0.29) is 24.0 Å². The Balaban J connectivity index is 0.00000312. The van der Waals surface area contributed by atoms with Gasteiger partial charge in [-0.25, -0.2) is 0 Å². The molecule has 0 aliphatic rings. The number of hydrogen-bond acceptors (Lipinski definition) is 2. The molecule has 25 heavy (non-hydrogen) atoms. The molecule has 0 saturated heterocycles. The van der Waals surface area contributed by atoms with Crippen LogP contribution < -0.4 is 10.6 Å². The van der Waals surface area contributed by atoms with Gasteiger partial charge in [-0.05, 0) is 42.5 Å². The minimum Gasteiger partial charge on any atom is -0.382 e. The van der Waals surface area contributed by atoms with Gasteiger partial charge in [-0.15, -0.1) is 24.0 Å². The van der Waals surface area contributed by atoms with E-state index in [9.17, 15) is 0 Å². The Bertz CT molecular complexity index is 646. The molecule has 0 aromatic heterocycles. The predicted molar refractivity (Wildman–Crippen MR) is 118 cm³/mol. The number of ether oxygens (including phenoxy) is 1. The Kier molecular flexibility index (Phi) is 11.2. The molecule has 0 saturated carbocycles. The highest BCUT2D eigenvalue weighted by molar-refractivity contribution is 14.0. The third-order valence-corrected chi connectivity index (χ3v) is 3.96. The lowest BCUT2D eigenvalue weighted by Crippen LogP contribution is -2.38. The fourth-order valence-corrected chi connectivity index (χ4v) is 2.62. The van der Waals surface area contributed by atoms with Crippen LogP contribution in [0, 0.1) is 0 Å². The highest BCUT2D eigenvalue weighted by Crippen LogP contribution is 2.15. The van der Waals surface area contributed by atoms with Crippen molar-refractivity contribution in [3.05, 3.63) is 48.0 Å². The van der Waals surface area contributed by atoms with Crippen molar-refractivity contribution in [1.29, 1.82) is 0 Å². The maximum atomic E-state index is 5.34. The summed E-state index contributed by atoms with van der Waals surface area (Å²) in [6, 6.07) is 15.1. The number of nitrogens with zero attached hydrogens (tertiary/aromatic N) is 1. The number of aliphatic imine (C=N–C) groups is 1. The fraction of sp³-hybridized carbons (Fsp3) is 0.450. The molecule has 2 rings (SSSR count). The summed E-state index contributed by atoms with van der Waals surface area (Å²) in [5.74, 6) is 0.868. The molecule has 0 aliphatic carbocycles. The van der Waals surface area contributed by atoms with Crippen LogP contribution in [0.25, 0.3) is 10.8 Å². The standard InChI is InChI=1S/C20H29N3O.HI/c1-3-24-15-7-6-13-22-20(21-2)23-14-12-17-10-11-18-8-4-5-9-19(18)16-17;/h4-5,8-11,16H,3,6-7,12-15H2,1-2H3,(H2,21,22,23);1H. The molecule has 0 fully saturated rings. The molecule has 0 unspecified atom stereocenters. The van der Waals surface area contributed by atoms with Crippen molar-refractivity contribution in [2.45, 2.75) is 26.2 Å². The van der Waals surface area contributed by atoms with Crippen LogP contribution in [0.4, 0.5) is 0 Å². The second-order valence-corrected chi connectivity index (χ2v) is 5.76. The Labute approximate surface area is 168 Å². The molecular formula is C20H30IN3O. The number of guanidine groups is 1. The first-order valence-corrected chi connectivity index (χ1v) is 8.83. The Hall–Kier alpha value is -1.34. The largest absolute Gasteiger partial charge is 0.382 e. The van der Waals surface area contributed by atoms with Gasteiger partial charge in [-0.2, -0.15) is 0 Å². The zero-order chi connectivity index (χ0) is 17.0. The van der Waals surface area contributed by atoms with Gasteiger partial charge in [0.15, 0.2) is 5.96 Å². The number of hydrogen-bond donors (Lipinski definition) is 2. The number of fused-ring (bicyclic) bond motifs is 1. The van der Waals surface area contributed by atoms with Gasteiger partial charge >= 0.3 is 0 Å². The predicted octanol–water partition coefficient (Wildman–Crippen LogP) is 3.98. The molecule has 0 bridgehead atoms. The van der Waals surface area contributed by atoms with E-state index in [1.54, 1.807) is 0 Å². The van der Waals surface area contributed by atoms with E-state index in [1.807, 2.05) is 14.0 Å². The highest BCUT2D eigenvalue weighted by atomic mass is 127. The van der Waals surface area contributed by atoms with Crippen LogP contribution in [0.2, 0.25) is 0 Å². The van der Waals surface area contributed by atoms with Crippen molar-refractivity contribution in [3.63, 3.8) is 0 Å². The number of halogens is 1. The van der Waals surface area contributed by atoms with E-state index in [1.165, 1.54) is 16.3 Å². The molecule has 0 amide bonds. The summed E-state index contributed by atoms with van der Waals surface area (Å²) in [6.07, 6.45) is 3.15. The summed E-state index contributed by atoms with van der Waals surface area (Å²) in [6.45, 7) is 5.46. The SMILES string of the molecule is CCOCCCCNC(=NC)NCCc1ccc2ccccc2c1.I. The second-order valence-electron chi connectivity index (χ2n) is 5.76. The van der Waals surface area contributed by atoms with Gasteiger partial charge < -0.3 is 15.4 Å². The smallest absolute Gasteiger partial charge is 0.190 e. The van der Waals surface area contributed by atoms with Crippen LogP contribution in [-0.2, 0) is 11.2 Å². The van der Waals surface area contributed by atoms with Crippen LogP contribution in [0.1, 0.15) is 25.3 Å². The second kappa shape index (κ2) is 12.9. The average Bonchev–Trinajstić information content (AvgIpc) is 2.63. The van der Waals surface area contributed by atoms with Gasteiger partial charge in [0.25, 0.3) is 0 Å². The fourth-order valence-electron chi connectivity index (χ4n) is 2.62. The molecular weight excluding hydrogens is 425 g/mol. The molecule has 0 radical (unpaired) electrons. The van der Waals surface area contributed by atoms with E-state index >= 15 is 0 Å². The van der Waals surface area contributed by atoms with Crippen LogP contribution in [0.3, 0.4) is 0 Å². The molecule has 2 aromatic carbocycles. The van der Waals surface area contributed by atoms with E-state index in [0.717, 1.165) is 51.5 Å². The summed E-state index contributed by atoms with van der Waals surface area (Å²) in [7, 11) is 1.81. The van der Waals surface area contributed by atoms with Gasteiger partial charge in [0, 0.05) is 33.4 Å². The molecule has 5 heteroatoms. The zero-order valence-corrected chi connectivity index (χ0v) is 17.6. The van der Waals surface area contributed by atoms with E-state index in [2.05, 4.69) is 58.1 Å². The summed E-state index contributed by atoms with van der Waals surface area (Å²) in [5, 5.41) is 9.31. The number of nitrogens with one attached hydrogen (secondary N) is 2. The lowest BCUT2D eigenvalue weighted by Gasteiger charge is -2.12. The quantitative estimate of drug-likeness (QED) is 0.260. The zero-order valence-electron chi connectivity index (χ0n) is 15.3. The Morgan fingerprint density at radius 2 is 1.76 bits per heavy atom. The normalized spacial score (nSPS) is 11.2. The monoisotopic (exact) mass is 455 g/mol. The summed E-state index contributed by atoms with van der Waals surface area (Å²) in [4.78, 5) is 4.27. The van der Waals surface area contributed by atoms with Crippen molar-refractivity contribution in [3.8, 4) is 0 Å². The summed E-state index contributed by atoms with van der Waals surface area (Å²) in [5.41, 5.74) is 1.34. The number of unbranched alkanes of at least 4 members (excludes halogenated alkanes) is 1. The van der Waals surface area contributed by atoms with Crippen LogP contribution in [0.15, 0.2) is 47.5 Å². The molecule has 2 N–H and O–H groups in total. The highest BCUT2D eigenvalue weighted by Gasteiger charge is 1.99. The van der Waals surface area contributed by atoms with Gasteiger partial charge in [0.05, 0.1) is 0 Å². The first-order chi connectivity index (χ1) is 11.8. The molecule has 0 spiro atoms. The van der Waals surface area contributed by atoms with Crippen LogP contribution in [0.5, 0.6) is 0 Å². The molecule has 138 valence electrons. The maximum absolute atomic E-state index is 5.34. The van der Waals surface area contributed by atoms with Crippen molar-refractivity contribution in [1.82, 2.24) is 10.6 Å².